The summed E-state index contributed by atoms with van der Waals surface area (Å²) in [6, 6.07) is 7.65. The van der Waals surface area contributed by atoms with E-state index in [4.69, 9.17) is 11.6 Å². The van der Waals surface area contributed by atoms with Crippen molar-refractivity contribution in [3.63, 3.8) is 0 Å². The number of carbonyl (C=O) groups is 1. The number of nitrogens with zero attached hydrogens (tertiary/aromatic N) is 2. The van der Waals surface area contributed by atoms with Crippen LogP contribution in [0.15, 0.2) is 34.9 Å². The maximum Gasteiger partial charge on any atom is 0.228 e. The topological polar surface area (TPSA) is 46.9 Å². The molecule has 0 aliphatic carbocycles. The molecule has 0 aliphatic heterocycles. The van der Waals surface area contributed by atoms with Crippen molar-refractivity contribution in [3.05, 3.63) is 45.5 Å². The van der Waals surface area contributed by atoms with Gasteiger partial charge in [0.1, 0.15) is 0 Å². The smallest absolute Gasteiger partial charge is 0.228 e. The van der Waals surface area contributed by atoms with Gasteiger partial charge in [0.2, 0.25) is 5.91 Å². The van der Waals surface area contributed by atoms with Gasteiger partial charge in [-0.15, -0.1) is 0 Å². The summed E-state index contributed by atoms with van der Waals surface area (Å²) in [5, 5.41) is 8.00. The van der Waals surface area contributed by atoms with Gasteiger partial charge >= 0.3 is 0 Å². The molecule has 0 fully saturated rings. The molecule has 1 amide bonds. The van der Waals surface area contributed by atoms with Crippen LogP contribution in [0.3, 0.4) is 0 Å². The first kappa shape index (κ1) is 17.0. The van der Waals surface area contributed by atoms with Crippen LogP contribution >= 0.6 is 27.5 Å². The van der Waals surface area contributed by atoms with E-state index in [1.165, 1.54) is 0 Å². The minimum atomic E-state index is 0.00805. The number of rotatable bonds is 6. The van der Waals surface area contributed by atoms with Gasteiger partial charge in [0.25, 0.3) is 0 Å². The molecule has 22 heavy (non-hydrogen) atoms. The van der Waals surface area contributed by atoms with E-state index in [9.17, 15) is 4.79 Å². The predicted molar refractivity (Wildman–Crippen MR) is 93.2 cm³/mol. The summed E-state index contributed by atoms with van der Waals surface area (Å²) >= 11 is 9.60. The molecule has 2 rings (SSSR count). The van der Waals surface area contributed by atoms with E-state index in [1.54, 1.807) is 4.68 Å². The number of amides is 1. The van der Waals surface area contributed by atoms with Crippen molar-refractivity contribution in [2.24, 2.45) is 5.92 Å². The number of aromatic nitrogens is 2. The van der Waals surface area contributed by atoms with Gasteiger partial charge in [-0.05, 0) is 40.4 Å². The van der Waals surface area contributed by atoms with Gasteiger partial charge in [0.15, 0.2) is 5.82 Å². The summed E-state index contributed by atoms with van der Waals surface area (Å²) in [5.41, 5.74) is 0.983. The molecule has 0 saturated carbocycles. The van der Waals surface area contributed by atoms with Gasteiger partial charge in [-0.2, -0.15) is 5.10 Å². The van der Waals surface area contributed by atoms with Crippen LogP contribution in [0.2, 0.25) is 5.02 Å². The Morgan fingerprint density at radius 2 is 2.05 bits per heavy atom. The maximum atomic E-state index is 12.1. The number of nitrogens with one attached hydrogen (secondary N) is 1. The van der Waals surface area contributed by atoms with Crippen molar-refractivity contribution >= 4 is 39.3 Å². The number of carbonyl (C=O) groups excluding carboxylic acids is 1. The first-order chi connectivity index (χ1) is 10.5. The molecule has 0 spiro atoms. The Morgan fingerprint density at radius 3 is 2.68 bits per heavy atom. The molecule has 1 N–H and O–H groups in total. The summed E-state index contributed by atoms with van der Waals surface area (Å²) in [6.07, 6.45) is 3.48. The predicted octanol–water partition coefficient (Wildman–Crippen LogP) is 4.72. The Bertz CT molecular complexity index is 653. The second-order valence-electron chi connectivity index (χ2n) is 5.12. The molecule has 1 aromatic heterocycles. The SMILES string of the molecule is CCC(CC)C(=O)Nc1nn(Cc2ccccc2Cl)cc1Br. The third-order valence-electron chi connectivity index (χ3n) is 3.61. The van der Waals surface area contributed by atoms with Gasteiger partial charge in [-0.25, -0.2) is 0 Å². The molecular weight excluding hydrogens is 366 g/mol. The molecule has 0 bridgehead atoms. The van der Waals surface area contributed by atoms with Crippen LogP contribution < -0.4 is 5.32 Å². The van der Waals surface area contributed by atoms with Crippen molar-refractivity contribution in [2.75, 3.05) is 5.32 Å². The van der Waals surface area contributed by atoms with Crippen molar-refractivity contribution < 1.29 is 4.79 Å². The number of anilines is 1. The molecule has 0 atom stereocenters. The first-order valence-electron chi connectivity index (χ1n) is 7.32. The Morgan fingerprint density at radius 1 is 1.36 bits per heavy atom. The lowest BCUT2D eigenvalue weighted by molar-refractivity contribution is -0.120. The summed E-state index contributed by atoms with van der Waals surface area (Å²) in [4.78, 5) is 12.1. The maximum absolute atomic E-state index is 12.1. The van der Waals surface area contributed by atoms with Crippen molar-refractivity contribution in [2.45, 2.75) is 33.2 Å². The zero-order chi connectivity index (χ0) is 16.1. The van der Waals surface area contributed by atoms with Gasteiger partial charge in [-0.1, -0.05) is 43.6 Å². The highest BCUT2D eigenvalue weighted by molar-refractivity contribution is 9.10. The van der Waals surface area contributed by atoms with Crippen LogP contribution in [0.1, 0.15) is 32.3 Å². The zero-order valence-corrected chi connectivity index (χ0v) is 15.0. The fourth-order valence-electron chi connectivity index (χ4n) is 2.24. The van der Waals surface area contributed by atoms with Crippen molar-refractivity contribution in [1.82, 2.24) is 9.78 Å². The standard InChI is InChI=1S/C16H19BrClN3O/c1-3-11(4-2)16(22)19-15-13(17)10-21(20-15)9-12-7-5-6-8-14(12)18/h5-8,10-11H,3-4,9H2,1-2H3,(H,19,20,22). The lowest BCUT2D eigenvalue weighted by Crippen LogP contribution is -2.22. The van der Waals surface area contributed by atoms with E-state index < -0.39 is 0 Å². The summed E-state index contributed by atoms with van der Waals surface area (Å²) in [6.45, 7) is 4.58. The first-order valence-corrected chi connectivity index (χ1v) is 8.49. The van der Waals surface area contributed by atoms with E-state index in [1.807, 2.05) is 44.3 Å². The molecule has 0 aliphatic rings. The molecule has 1 heterocycles. The summed E-state index contributed by atoms with van der Waals surface area (Å²) in [5.74, 6) is 0.568. The molecule has 1 aromatic carbocycles. The molecule has 118 valence electrons. The zero-order valence-electron chi connectivity index (χ0n) is 12.6. The Balaban J connectivity index is 2.11. The third-order valence-corrected chi connectivity index (χ3v) is 4.55. The average molecular weight is 385 g/mol. The third kappa shape index (κ3) is 4.11. The molecule has 2 aromatic rings. The normalized spacial score (nSPS) is 11.0. The van der Waals surface area contributed by atoms with E-state index >= 15 is 0 Å². The highest BCUT2D eigenvalue weighted by atomic mass is 79.9. The van der Waals surface area contributed by atoms with E-state index in [-0.39, 0.29) is 11.8 Å². The van der Waals surface area contributed by atoms with E-state index in [0.29, 0.717) is 17.4 Å². The number of hydrogen-bond donors (Lipinski definition) is 1. The largest absolute Gasteiger partial charge is 0.308 e. The van der Waals surface area contributed by atoms with Gasteiger partial charge in [0, 0.05) is 17.1 Å². The van der Waals surface area contributed by atoms with Crippen LogP contribution in [0.4, 0.5) is 5.82 Å². The van der Waals surface area contributed by atoms with Crippen molar-refractivity contribution in [3.8, 4) is 0 Å². The molecule has 0 saturated heterocycles. The van der Waals surface area contributed by atoms with Gasteiger partial charge in [0.05, 0.1) is 11.0 Å². The number of hydrogen-bond acceptors (Lipinski definition) is 2. The van der Waals surface area contributed by atoms with Crippen LogP contribution in [0.25, 0.3) is 0 Å². The monoisotopic (exact) mass is 383 g/mol. The second-order valence-corrected chi connectivity index (χ2v) is 6.38. The summed E-state index contributed by atoms with van der Waals surface area (Å²) in [7, 11) is 0. The van der Waals surface area contributed by atoms with Crippen molar-refractivity contribution in [1.29, 1.82) is 0 Å². The second kappa shape index (κ2) is 7.79. The van der Waals surface area contributed by atoms with E-state index in [2.05, 4.69) is 26.3 Å². The highest BCUT2D eigenvalue weighted by Gasteiger charge is 2.17. The minimum absolute atomic E-state index is 0.00805. The van der Waals surface area contributed by atoms with Gasteiger partial charge < -0.3 is 5.32 Å². The number of benzene rings is 1. The van der Waals surface area contributed by atoms with Crippen LogP contribution in [0, 0.1) is 5.92 Å². The lowest BCUT2D eigenvalue weighted by atomic mass is 10.0. The highest BCUT2D eigenvalue weighted by Crippen LogP contribution is 2.23. The van der Waals surface area contributed by atoms with Crippen LogP contribution in [0.5, 0.6) is 0 Å². The minimum Gasteiger partial charge on any atom is -0.308 e. The van der Waals surface area contributed by atoms with Gasteiger partial charge in [-0.3, -0.25) is 9.48 Å². The number of halogens is 2. The fourth-order valence-corrected chi connectivity index (χ4v) is 2.85. The average Bonchev–Trinajstić information content (AvgIpc) is 2.82. The molecular formula is C16H19BrClN3O. The molecule has 6 heteroatoms. The van der Waals surface area contributed by atoms with E-state index in [0.717, 1.165) is 22.9 Å². The van der Waals surface area contributed by atoms with Crippen LogP contribution in [-0.4, -0.2) is 15.7 Å². The molecule has 0 radical (unpaired) electrons. The fraction of sp³-hybridized carbons (Fsp3) is 0.375. The quantitative estimate of drug-likeness (QED) is 0.783. The Hall–Kier alpha value is -1.33. The Labute approximate surface area is 144 Å². The Kier molecular flexibility index (Phi) is 6.03. The lowest BCUT2D eigenvalue weighted by Gasteiger charge is -2.11. The summed E-state index contributed by atoms with van der Waals surface area (Å²) < 4.78 is 2.52. The molecule has 4 nitrogen and oxygen atoms in total. The molecule has 0 unspecified atom stereocenters. The van der Waals surface area contributed by atoms with Crippen LogP contribution in [-0.2, 0) is 11.3 Å².